The van der Waals surface area contributed by atoms with Crippen molar-refractivity contribution in [3.05, 3.63) is 57.9 Å². The number of hydrogen-bond acceptors (Lipinski definition) is 3. The van der Waals surface area contributed by atoms with Gasteiger partial charge in [-0.1, -0.05) is 23.8 Å². The first-order chi connectivity index (χ1) is 10.1. The molecule has 3 nitrogen and oxygen atoms in total. The first kappa shape index (κ1) is 14.3. The van der Waals surface area contributed by atoms with E-state index in [0.717, 1.165) is 17.2 Å². The van der Waals surface area contributed by atoms with Gasteiger partial charge in [-0.2, -0.15) is 0 Å². The predicted octanol–water partition coefficient (Wildman–Crippen LogP) is 4.17. The fraction of sp³-hybridized carbons (Fsp3) is 0.353. The first-order valence-corrected chi connectivity index (χ1v) is 8.16. The summed E-state index contributed by atoms with van der Waals surface area (Å²) < 4.78 is 2.18. The molecule has 0 amide bonds. The fourth-order valence-corrected chi connectivity index (χ4v) is 3.52. The van der Waals surface area contributed by atoms with E-state index in [2.05, 4.69) is 72.2 Å². The van der Waals surface area contributed by atoms with Crippen molar-refractivity contribution in [3.63, 3.8) is 0 Å². The van der Waals surface area contributed by atoms with Crippen LogP contribution in [0.1, 0.15) is 41.0 Å². The summed E-state index contributed by atoms with van der Waals surface area (Å²) in [5.41, 5.74) is 6.39. The van der Waals surface area contributed by atoms with Gasteiger partial charge >= 0.3 is 0 Å². The molecule has 1 aromatic carbocycles. The zero-order valence-electron chi connectivity index (χ0n) is 13.0. The Morgan fingerprint density at radius 3 is 2.90 bits per heavy atom. The molecule has 0 saturated carbocycles. The Hall–Kier alpha value is -1.65. The predicted molar refractivity (Wildman–Crippen MR) is 89.0 cm³/mol. The van der Waals surface area contributed by atoms with E-state index in [4.69, 9.17) is 0 Å². The number of imidazole rings is 1. The second-order valence-corrected chi connectivity index (χ2v) is 6.54. The molecular formula is C17H21N3S. The number of nitrogens with one attached hydrogen (secondary N) is 1. The smallest absolute Gasteiger partial charge is 0.194 e. The molecule has 4 heteroatoms. The first-order valence-electron chi connectivity index (χ1n) is 7.28. The number of hydrogen-bond donors (Lipinski definition) is 1. The van der Waals surface area contributed by atoms with E-state index in [1.54, 1.807) is 11.3 Å². The van der Waals surface area contributed by atoms with Crippen LogP contribution in [0.4, 0.5) is 0 Å². The minimum absolute atomic E-state index is 0.327. The number of benzene rings is 1. The maximum absolute atomic E-state index is 4.60. The zero-order valence-corrected chi connectivity index (χ0v) is 13.8. The minimum atomic E-state index is 0.327. The molecule has 2 heterocycles. The standard InChI is InChI=1S/C17H21N3S/c1-11-5-6-12(2)15(9-11)13(3)18-10-16-14(4)19-17-20(16)7-8-21-17/h5-9,13,18H,10H2,1-4H3. The van der Waals surface area contributed by atoms with E-state index in [0.29, 0.717) is 6.04 Å². The van der Waals surface area contributed by atoms with Crippen molar-refractivity contribution in [1.29, 1.82) is 0 Å². The van der Waals surface area contributed by atoms with Crippen LogP contribution in [0.2, 0.25) is 0 Å². The fourth-order valence-electron chi connectivity index (χ4n) is 2.74. The molecule has 3 aromatic rings. The van der Waals surface area contributed by atoms with Crippen molar-refractivity contribution < 1.29 is 0 Å². The van der Waals surface area contributed by atoms with Crippen molar-refractivity contribution in [2.45, 2.75) is 40.3 Å². The molecule has 0 spiro atoms. The molecule has 0 bridgehead atoms. The van der Waals surface area contributed by atoms with E-state index in [9.17, 15) is 0 Å². The molecule has 0 fully saturated rings. The van der Waals surface area contributed by atoms with Crippen molar-refractivity contribution in [2.75, 3.05) is 0 Å². The van der Waals surface area contributed by atoms with Crippen LogP contribution in [0.25, 0.3) is 4.96 Å². The SMILES string of the molecule is Cc1ccc(C)c(C(C)NCc2c(C)nc3sccn23)c1. The van der Waals surface area contributed by atoms with Crippen molar-refractivity contribution >= 4 is 16.3 Å². The molecule has 21 heavy (non-hydrogen) atoms. The summed E-state index contributed by atoms with van der Waals surface area (Å²) >= 11 is 1.68. The lowest BCUT2D eigenvalue weighted by Gasteiger charge is -2.17. The third-order valence-corrected chi connectivity index (χ3v) is 4.79. The van der Waals surface area contributed by atoms with Crippen LogP contribution in [-0.4, -0.2) is 9.38 Å². The molecule has 2 aromatic heterocycles. The lowest BCUT2D eigenvalue weighted by atomic mass is 10.00. The molecule has 3 rings (SSSR count). The van der Waals surface area contributed by atoms with Gasteiger partial charge in [-0.15, -0.1) is 11.3 Å². The van der Waals surface area contributed by atoms with Crippen molar-refractivity contribution in [3.8, 4) is 0 Å². The van der Waals surface area contributed by atoms with Gasteiger partial charge in [-0.25, -0.2) is 4.98 Å². The largest absolute Gasteiger partial charge is 0.305 e. The minimum Gasteiger partial charge on any atom is -0.305 e. The summed E-state index contributed by atoms with van der Waals surface area (Å²) in [5, 5.41) is 5.72. The van der Waals surface area contributed by atoms with Crippen LogP contribution in [-0.2, 0) is 6.54 Å². The molecule has 1 unspecified atom stereocenters. The monoisotopic (exact) mass is 299 g/mol. The summed E-state index contributed by atoms with van der Waals surface area (Å²) in [4.78, 5) is 5.67. The highest BCUT2D eigenvalue weighted by molar-refractivity contribution is 7.15. The average Bonchev–Trinajstić information content (AvgIpc) is 3.00. The highest BCUT2D eigenvalue weighted by Gasteiger charge is 2.12. The molecule has 1 atom stereocenters. The van der Waals surface area contributed by atoms with Gasteiger partial charge in [0.05, 0.1) is 11.4 Å². The molecule has 0 saturated heterocycles. The number of nitrogens with zero attached hydrogens (tertiary/aromatic N) is 2. The van der Waals surface area contributed by atoms with Gasteiger partial charge in [0.15, 0.2) is 4.96 Å². The lowest BCUT2D eigenvalue weighted by Crippen LogP contribution is -2.20. The molecule has 0 aliphatic rings. The summed E-state index contributed by atoms with van der Waals surface area (Å²) in [6, 6.07) is 6.97. The van der Waals surface area contributed by atoms with Crippen LogP contribution >= 0.6 is 11.3 Å². The number of aryl methyl sites for hydroxylation is 3. The summed E-state index contributed by atoms with van der Waals surface area (Å²) in [6.45, 7) is 9.46. The zero-order chi connectivity index (χ0) is 15.0. The lowest BCUT2D eigenvalue weighted by molar-refractivity contribution is 0.562. The van der Waals surface area contributed by atoms with Crippen molar-refractivity contribution in [1.82, 2.24) is 14.7 Å². The van der Waals surface area contributed by atoms with Gasteiger partial charge in [0.25, 0.3) is 0 Å². The third kappa shape index (κ3) is 2.74. The Balaban J connectivity index is 1.79. The quantitative estimate of drug-likeness (QED) is 0.783. The van der Waals surface area contributed by atoms with Crippen LogP contribution in [0.5, 0.6) is 0 Å². The molecular weight excluding hydrogens is 278 g/mol. The Kier molecular flexibility index (Phi) is 3.83. The van der Waals surface area contributed by atoms with Gasteiger partial charge in [0.1, 0.15) is 0 Å². The Morgan fingerprint density at radius 2 is 2.10 bits per heavy atom. The van der Waals surface area contributed by atoms with Gasteiger partial charge in [-0.3, -0.25) is 4.40 Å². The van der Waals surface area contributed by atoms with Gasteiger partial charge in [0, 0.05) is 24.2 Å². The molecule has 0 aliphatic heterocycles. The normalized spacial score (nSPS) is 13.0. The van der Waals surface area contributed by atoms with Gasteiger partial charge < -0.3 is 5.32 Å². The van der Waals surface area contributed by atoms with Crippen LogP contribution in [0, 0.1) is 20.8 Å². The second kappa shape index (κ2) is 5.62. The van der Waals surface area contributed by atoms with Crippen LogP contribution in [0.3, 0.4) is 0 Å². The average molecular weight is 299 g/mol. The van der Waals surface area contributed by atoms with E-state index in [1.807, 2.05) is 0 Å². The Bertz CT molecular complexity index is 770. The summed E-state index contributed by atoms with van der Waals surface area (Å²) in [7, 11) is 0. The molecule has 110 valence electrons. The Labute approximate surface area is 129 Å². The van der Waals surface area contributed by atoms with Gasteiger partial charge in [0.2, 0.25) is 0 Å². The van der Waals surface area contributed by atoms with Crippen LogP contribution < -0.4 is 5.32 Å². The molecule has 0 radical (unpaired) electrons. The number of rotatable bonds is 4. The third-order valence-electron chi connectivity index (χ3n) is 4.04. The topological polar surface area (TPSA) is 29.3 Å². The molecule has 1 N–H and O–H groups in total. The summed E-state index contributed by atoms with van der Waals surface area (Å²) in [6.07, 6.45) is 2.10. The highest BCUT2D eigenvalue weighted by Crippen LogP contribution is 2.21. The summed E-state index contributed by atoms with van der Waals surface area (Å²) in [5.74, 6) is 0. The Morgan fingerprint density at radius 1 is 1.29 bits per heavy atom. The maximum Gasteiger partial charge on any atom is 0.194 e. The maximum atomic E-state index is 4.60. The second-order valence-electron chi connectivity index (χ2n) is 5.66. The molecule has 0 aliphatic carbocycles. The van der Waals surface area contributed by atoms with E-state index < -0.39 is 0 Å². The van der Waals surface area contributed by atoms with E-state index in [-0.39, 0.29) is 0 Å². The number of aromatic nitrogens is 2. The van der Waals surface area contributed by atoms with E-state index >= 15 is 0 Å². The van der Waals surface area contributed by atoms with E-state index in [1.165, 1.54) is 22.4 Å². The number of fused-ring (bicyclic) bond motifs is 1. The van der Waals surface area contributed by atoms with Gasteiger partial charge in [-0.05, 0) is 38.8 Å². The van der Waals surface area contributed by atoms with Crippen LogP contribution in [0.15, 0.2) is 29.8 Å². The number of thiazole rings is 1. The van der Waals surface area contributed by atoms with Crippen molar-refractivity contribution in [2.24, 2.45) is 0 Å². The highest BCUT2D eigenvalue weighted by atomic mass is 32.1.